The number of hydrogen-bond donors (Lipinski definition) is 0. The summed E-state index contributed by atoms with van der Waals surface area (Å²) in [4.78, 5) is 0. The van der Waals surface area contributed by atoms with Gasteiger partial charge in [0.2, 0.25) is 0 Å². The molecular formula is C107H76. The Morgan fingerprint density at radius 3 is 1.34 bits per heavy atom. The maximum absolute atomic E-state index is 2.53. The summed E-state index contributed by atoms with van der Waals surface area (Å²) in [7, 11) is 0. The average molecular weight is 1360 g/mol. The molecule has 0 fully saturated rings. The highest BCUT2D eigenvalue weighted by Crippen LogP contribution is 2.62. The van der Waals surface area contributed by atoms with Gasteiger partial charge in [-0.2, -0.15) is 0 Å². The lowest BCUT2D eigenvalue weighted by Gasteiger charge is -2.34. The molecular weight excluding hydrogens is 1290 g/mol. The lowest BCUT2D eigenvalue weighted by Crippen LogP contribution is -2.28. The highest BCUT2D eigenvalue weighted by Gasteiger charge is 2.49. The van der Waals surface area contributed by atoms with Crippen LogP contribution in [0.1, 0.15) is 103 Å². The Kier molecular flexibility index (Phi) is 14.2. The van der Waals surface area contributed by atoms with Crippen LogP contribution in [0.2, 0.25) is 0 Å². The van der Waals surface area contributed by atoms with Crippen molar-refractivity contribution in [2.45, 2.75) is 56.8 Å². The van der Waals surface area contributed by atoms with E-state index in [1.54, 1.807) is 0 Å². The van der Waals surface area contributed by atoms with Crippen LogP contribution in [-0.4, -0.2) is 0 Å². The smallest absolute Gasteiger partial charge is 0.0622 e. The maximum Gasteiger partial charge on any atom is 0.0713 e. The van der Waals surface area contributed by atoms with Gasteiger partial charge in [-0.15, -0.1) is 0 Å². The Bertz CT molecular complexity index is 6670. The summed E-state index contributed by atoms with van der Waals surface area (Å²) >= 11 is 0. The van der Waals surface area contributed by atoms with Gasteiger partial charge in [0.05, 0.1) is 10.8 Å². The first-order chi connectivity index (χ1) is 52.6. The molecule has 0 bridgehead atoms. The number of benzene rings is 18. The van der Waals surface area contributed by atoms with Gasteiger partial charge < -0.3 is 0 Å². The van der Waals surface area contributed by atoms with E-state index in [0.717, 1.165) is 12.8 Å². The van der Waals surface area contributed by atoms with Crippen molar-refractivity contribution in [3.63, 3.8) is 0 Å². The van der Waals surface area contributed by atoms with Crippen molar-refractivity contribution in [3.8, 4) is 66.8 Å². The molecule has 18 aromatic rings. The first-order valence-corrected chi connectivity index (χ1v) is 38.0. The fourth-order valence-electron chi connectivity index (χ4n) is 20.0. The molecule has 0 saturated heterocycles. The van der Waals surface area contributed by atoms with Crippen LogP contribution in [0.5, 0.6) is 0 Å². The van der Waals surface area contributed by atoms with Gasteiger partial charge in [0.1, 0.15) is 0 Å². The largest absolute Gasteiger partial charge is 0.0713 e. The third-order valence-corrected chi connectivity index (χ3v) is 24.8. The summed E-state index contributed by atoms with van der Waals surface area (Å²) in [5.74, 6) is 0. The van der Waals surface area contributed by atoms with E-state index < -0.39 is 10.8 Å². The minimum absolute atomic E-state index is 0.281. The number of aryl methyl sites for hydroxylation is 2. The molecule has 0 heterocycles. The van der Waals surface area contributed by atoms with E-state index in [1.807, 2.05) is 0 Å². The van der Waals surface area contributed by atoms with Gasteiger partial charge in [-0.1, -0.05) is 365 Å². The summed E-state index contributed by atoms with van der Waals surface area (Å²) in [6.07, 6.45) is 1.62. The fourth-order valence-corrected chi connectivity index (χ4v) is 20.0. The van der Waals surface area contributed by atoms with Gasteiger partial charge in [-0.3, -0.25) is 0 Å². The van der Waals surface area contributed by atoms with Gasteiger partial charge in [0, 0.05) is 5.41 Å². The normalized spacial score (nSPS) is 14.8. The van der Waals surface area contributed by atoms with Gasteiger partial charge in [0.15, 0.2) is 0 Å². The molecule has 107 heavy (non-hydrogen) atoms. The minimum Gasteiger partial charge on any atom is -0.0622 e. The molecule has 1 unspecified atom stereocenters. The average Bonchev–Trinajstić information content (AvgIpc) is 1.56. The van der Waals surface area contributed by atoms with Gasteiger partial charge >= 0.3 is 0 Å². The van der Waals surface area contributed by atoms with Gasteiger partial charge in [-0.05, 0) is 249 Å². The van der Waals surface area contributed by atoms with E-state index in [0.29, 0.717) is 0 Å². The number of fused-ring (bicyclic) bond motifs is 17. The maximum atomic E-state index is 2.53. The molecule has 1 atom stereocenters. The van der Waals surface area contributed by atoms with Crippen molar-refractivity contribution in [2.75, 3.05) is 0 Å². The van der Waals surface area contributed by atoms with Crippen LogP contribution in [0, 0.1) is 13.8 Å². The zero-order valence-electron chi connectivity index (χ0n) is 60.6. The molecule has 21 rings (SSSR count). The molecule has 0 nitrogen and oxygen atoms in total. The third kappa shape index (κ3) is 9.48. The van der Waals surface area contributed by atoms with Crippen LogP contribution >= 0.6 is 0 Å². The van der Waals surface area contributed by atoms with Crippen molar-refractivity contribution in [1.29, 1.82) is 0 Å². The van der Waals surface area contributed by atoms with Crippen LogP contribution < -0.4 is 0 Å². The van der Waals surface area contributed by atoms with Crippen molar-refractivity contribution in [1.82, 2.24) is 0 Å². The molecule has 0 heteroatoms. The van der Waals surface area contributed by atoms with Crippen molar-refractivity contribution >= 4 is 53.9 Å². The molecule has 0 aliphatic heterocycles. The summed E-state index contributed by atoms with van der Waals surface area (Å²) in [6, 6.07) is 139. The first-order valence-electron chi connectivity index (χ1n) is 38.0. The van der Waals surface area contributed by atoms with E-state index in [2.05, 4.69) is 392 Å². The minimum atomic E-state index is -0.543. The van der Waals surface area contributed by atoms with Crippen LogP contribution in [-0.2, 0) is 29.1 Å². The highest BCUT2D eigenvalue weighted by molar-refractivity contribution is 6.19. The topological polar surface area (TPSA) is 0 Å². The zero-order valence-corrected chi connectivity index (χ0v) is 60.6. The van der Waals surface area contributed by atoms with Crippen molar-refractivity contribution in [3.05, 3.63) is 453 Å². The predicted octanol–water partition coefficient (Wildman–Crippen LogP) is 27.3. The molecule has 0 saturated carbocycles. The quantitative estimate of drug-likeness (QED) is 0.113. The van der Waals surface area contributed by atoms with E-state index >= 15 is 0 Å². The van der Waals surface area contributed by atoms with Crippen molar-refractivity contribution < 1.29 is 0 Å². The lowest BCUT2D eigenvalue weighted by atomic mass is 9.67. The first kappa shape index (κ1) is 62.8. The second-order valence-electron chi connectivity index (χ2n) is 31.0. The fraction of sp³-hybridized carbons (Fsp3) is 0.0841. The molecule has 3 aliphatic rings. The second kappa shape index (κ2) is 24.2. The Morgan fingerprint density at radius 1 is 0.234 bits per heavy atom. The monoisotopic (exact) mass is 1360 g/mol. The Hall–Kier alpha value is -12.7. The lowest BCUT2D eigenvalue weighted by molar-refractivity contribution is 0.667. The molecule has 0 amide bonds. The predicted molar refractivity (Wildman–Crippen MR) is 450 cm³/mol. The summed E-state index contributed by atoms with van der Waals surface area (Å²) < 4.78 is 0. The second-order valence-corrected chi connectivity index (χ2v) is 31.0. The number of hydrogen-bond acceptors (Lipinski definition) is 0. The van der Waals surface area contributed by atoms with E-state index in [9.17, 15) is 0 Å². The third-order valence-electron chi connectivity index (χ3n) is 24.8. The Labute approximate surface area is 626 Å². The molecule has 0 N–H and O–H groups in total. The molecule has 0 spiro atoms. The molecule has 3 aliphatic carbocycles. The standard InChI is InChI=1S/C107H76/c1-67-40-54-84(55-41-67)107(96-36-16-14-31-92(96)102-86(33-20-38-98(102)107)79-51-49-72-59-68(2)39-45-74(72)63-79)85-56-43-69(44-57-85)60-81-23-18-34-89-88-28-11-12-29-90(88)104-103(100(81)89)93-58-53-77(66-99(93)105(104,3)4)76-48-47-71-21-17-22-78(94(71)65-76)62-70-42-46-75-64-80(52-50-73(75)61-70)87-32-19-37-97-101(87)91-30-13-15-35-95(91)106(97,82-24-7-5-8-25-82)83-26-9-6-10-27-83/h5-59,61,63-66H,60,62H2,1-4H3. The molecule has 18 aromatic carbocycles. The van der Waals surface area contributed by atoms with E-state index in [4.69, 9.17) is 0 Å². The Morgan fingerprint density at radius 2 is 0.673 bits per heavy atom. The van der Waals surface area contributed by atoms with Gasteiger partial charge in [0.25, 0.3) is 0 Å². The molecule has 504 valence electrons. The highest BCUT2D eigenvalue weighted by atomic mass is 14.5. The van der Waals surface area contributed by atoms with Crippen LogP contribution in [0.15, 0.2) is 364 Å². The number of rotatable bonds is 11. The van der Waals surface area contributed by atoms with E-state index in [1.165, 1.54) is 210 Å². The van der Waals surface area contributed by atoms with Crippen molar-refractivity contribution in [2.24, 2.45) is 0 Å². The van der Waals surface area contributed by atoms with Gasteiger partial charge in [-0.25, -0.2) is 0 Å². The Balaban J connectivity index is 0.616. The zero-order chi connectivity index (χ0) is 71.3. The summed E-state index contributed by atoms with van der Waals surface area (Å²) in [5.41, 5.74) is 35.1. The van der Waals surface area contributed by atoms with Crippen LogP contribution in [0.3, 0.4) is 0 Å². The van der Waals surface area contributed by atoms with E-state index in [-0.39, 0.29) is 5.41 Å². The molecule has 0 aromatic heterocycles. The van der Waals surface area contributed by atoms with Crippen LogP contribution in [0.4, 0.5) is 0 Å². The SMILES string of the molecule is Cc1ccc(C2(c3ccc(Cc4cccc5c4c4c(c6ccccc65)C(C)(C)c5cc(-c6ccc7cccc(Cc8ccc9cc(-c%10cccc%11c%10-c%10ccccc%10C%11(c%10ccccc%10)c%10ccccc%10)ccc9c8)c7c6)ccc5-4)cc3)c3ccccc3-c3c(-c4ccc5cc(C)ccc5c4)cccc32)cc1. The summed E-state index contributed by atoms with van der Waals surface area (Å²) in [5, 5.41) is 12.9. The summed E-state index contributed by atoms with van der Waals surface area (Å²) in [6.45, 7) is 9.30. The van der Waals surface area contributed by atoms with Crippen LogP contribution in [0.25, 0.3) is 121 Å². The molecule has 0 radical (unpaired) electrons.